The summed E-state index contributed by atoms with van der Waals surface area (Å²) in [5.74, 6) is 0.384. The zero-order valence-corrected chi connectivity index (χ0v) is 13.0. The van der Waals surface area contributed by atoms with Crippen molar-refractivity contribution in [1.29, 1.82) is 0 Å². The summed E-state index contributed by atoms with van der Waals surface area (Å²) in [6.45, 7) is 5.66. The summed E-state index contributed by atoms with van der Waals surface area (Å²) in [7, 11) is 2.10. The molecule has 1 atom stereocenters. The van der Waals surface area contributed by atoms with Crippen molar-refractivity contribution in [3.63, 3.8) is 0 Å². The third-order valence-corrected chi connectivity index (χ3v) is 4.37. The molecule has 5 heteroatoms. The highest BCUT2D eigenvalue weighted by Gasteiger charge is 2.29. The molecule has 22 heavy (non-hydrogen) atoms. The van der Waals surface area contributed by atoms with Crippen LogP contribution in [-0.2, 0) is 0 Å². The van der Waals surface area contributed by atoms with Crippen LogP contribution in [0.3, 0.4) is 0 Å². The zero-order valence-electron chi connectivity index (χ0n) is 13.0. The summed E-state index contributed by atoms with van der Waals surface area (Å²) in [4.78, 5) is 16.6. The summed E-state index contributed by atoms with van der Waals surface area (Å²) in [5, 5.41) is 0.629. The molecule has 2 heterocycles. The van der Waals surface area contributed by atoms with Gasteiger partial charge in [0.25, 0.3) is 5.91 Å². The number of fused-ring (bicyclic) bond motifs is 1. The molecule has 118 valence electrons. The van der Waals surface area contributed by atoms with E-state index >= 15 is 0 Å². The maximum atomic E-state index is 13.2. The van der Waals surface area contributed by atoms with Gasteiger partial charge in [-0.1, -0.05) is 6.92 Å². The summed E-state index contributed by atoms with van der Waals surface area (Å²) in [6.07, 6.45) is 1.02. The Balaban J connectivity index is 1.70. The standard InChI is InChI=1S/C17H21FN2O2/c1-3-19(2)10-12-6-7-20(11-12)17(21)16-9-13-8-14(18)4-5-15(13)22-16/h4-5,8-9,12H,3,6-7,10-11H2,1-2H3. The molecule has 1 fully saturated rings. The second-order valence-corrected chi connectivity index (χ2v) is 6.05. The van der Waals surface area contributed by atoms with Crippen molar-refractivity contribution in [2.45, 2.75) is 13.3 Å². The number of rotatable bonds is 4. The van der Waals surface area contributed by atoms with Gasteiger partial charge in [0, 0.05) is 25.0 Å². The average molecular weight is 304 g/mol. The summed E-state index contributed by atoms with van der Waals surface area (Å²) in [6, 6.07) is 5.92. The van der Waals surface area contributed by atoms with Gasteiger partial charge >= 0.3 is 0 Å². The molecule has 0 N–H and O–H groups in total. The molecule has 4 nitrogen and oxygen atoms in total. The predicted molar refractivity (Wildman–Crippen MR) is 83.4 cm³/mol. The largest absolute Gasteiger partial charge is 0.451 e. The SMILES string of the molecule is CCN(C)CC1CCN(C(=O)c2cc3cc(F)ccc3o2)C1. The minimum atomic E-state index is -0.323. The molecule has 0 spiro atoms. The Morgan fingerprint density at radius 2 is 2.27 bits per heavy atom. The van der Waals surface area contributed by atoms with Gasteiger partial charge in [0.15, 0.2) is 5.76 Å². The lowest BCUT2D eigenvalue weighted by atomic mass is 10.1. The molecule has 0 saturated carbocycles. The first kappa shape index (κ1) is 15.0. The van der Waals surface area contributed by atoms with Crippen LogP contribution >= 0.6 is 0 Å². The van der Waals surface area contributed by atoms with E-state index in [-0.39, 0.29) is 11.7 Å². The average Bonchev–Trinajstić information content (AvgIpc) is 3.12. The van der Waals surface area contributed by atoms with Gasteiger partial charge in [-0.15, -0.1) is 0 Å². The number of amides is 1. The maximum absolute atomic E-state index is 13.2. The molecule has 0 aliphatic carbocycles. The lowest BCUT2D eigenvalue weighted by Gasteiger charge is -2.19. The van der Waals surface area contributed by atoms with Crippen LogP contribution in [0, 0.1) is 11.7 Å². The van der Waals surface area contributed by atoms with Crippen molar-refractivity contribution in [3.8, 4) is 0 Å². The fourth-order valence-electron chi connectivity index (χ4n) is 3.01. The molecule has 1 aromatic heterocycles. The van der Waals surface area contributed by atoms with E-state index in [0.717, 1.165) is 32.6 Å². The predicted octanol–water partition coefficient (Wildman–Crippen LogP) is 2.99. The topological polar surface area (TPSA) is 36.7 Å². The second-order valence-electron chi connectivity index (χ2n) is 6.05. The lowest BCUT2D eigenvalue weighted by Crippen LogP contribution is -2.31. The Morgan fingerprint density at radius 3 is 3.05 bits per heavy atom. The molecule has 0 radical (unpaired) electrons. The fourth-order valence-corrected chi connectivity index (χ4v) is 3.01. The van der Waals surface area contributed by atoms with Gasteiger partial charge in [-0.3, -0.25) is 4.79 Å². The van der Waals surface area contributed by atoms with Gasteiger partial charge in [0.1, 0.15) is 11.4 Å². The van der Waals surface area contributed by atoms with Crippen LogP contribution in [0.15, 0.2) is 28.7 Å². The van der Waals surface area contributed by atoms with Gasteiger partial charge in [-0.25, -0.2) is 4.39 Å². The van der Waals surface area contributed by atoms with E-state index in [1.807, 2.05) is 4.90 Å². The third kappa shape index (κ3) is 2.99. The Labute approximate surface area is 129 Å². The number of carbonyl (C=O) groups is 1. The van der Waals surface area contributed by atoms with Crippen LogP contribution in [0.1, 0.15) is 23.9 Å². The van der Waals surface area contributed by atoms with E-state index in [1.165, 1.54) is 12.1 Å². The van der Waals surface area contributed by atoms with Crippen LogP contribution < -0.4 is 0 Å². The lowest BCUT2D eigenvalue weighted by molar-refractivity contribution is 0.0755. The second kappa shape index (κ2) is 6.08. The first-order chi connectivity index (χ1) is 10.6. The summed E-state index contributed by atoms with van der Waals surface area (Å²) in [5.41, 5.74) is 0.547. The van der Waals surface area contributed by atoms with Gasteiger partial charge in [0.05, 0.1) is 0 Å². The number of hydrogen-bond donors (Lipinski definition) is 0. The molecule has 0 bridgehead atoms. The monoisotopic (exact) mass is 304 g/mol. The quantitative estimate of drug-likeness (QED) is 0.871. The Morgan fingerprint density at radius 1 is 1.45 bits per heavy atom. The fraction of sp³-hybridized carbons (Fsp3) is 0.471. The first-order valence-electron chi connectivity index (χ1n) is 7.73. The minimum Gasteiger partial charge on any atom is -0.451 e. The maximum Gasteiger partial charge on any atom is 0.289 e. The van der Waals surface area contributed by atoms with Crippen LogP contribution in [0.25, 0.3) is 11.0 Å². The molecule has 2 aromatic rings. The van der Waals surface area contributed by atoms with Crippen LogP contribution in [0.2, 0.25) is 0 Å². The molecule has 1 unspecified atom stereocenters. The van der Waals surface area contributed by atoms with E-state index in [4.69, 9.17) is 4.42 Å². The minimum absolute atomic E-state index is 0.0988. The highest BCUT2D eigenvalue weighted by molar-refractivity contribution is 5.96. The molecule has 1 aliphatic heterocycles. The number of likely N-dealkylation sites (tertiary alicyclic amines) is 1. The molecule has 1 aromatic carbocycles. The number of carbonyl (C=O) groups excluding carboxylic acids is 1. The molecule has 1 amide bonds. The molecular formula is C17H21FN2O2. The number of hydrogen-bond acceptors (Lipinski definition) is 3. The molecular weight excluding hydrogens is 283 g/mol. The van der Waals surface area contributed by atoms with Crippen LogP contribution in [0.5, 0.6) is 0 Å². The number of halogens is 1. The van der Waals surface area contributed by atoms with E-state index in [2.05, 4.69) is 18.9 Å². The molecule has 1 aliphatic rings. The van der Waals surface area contributed by atoms with Crippen molar-refractivity contribution in [2.24, 2.45) is 5.92 Å². The zero-order chi connectivity index (χ0) is 15.7. The number of benzene rings is 1. The first-order valence-corrected chi connectivity index (χ1v) is 7.73. The van der Waals surface area contributed by atoms with E-state index in [1.54, 1.807) is 12.1 Å². The normalized spacial score (nSPS) is 18.5. The van der Waals surface area contributed by atoms with E-state index in [0.29, 0.717) is 22.6 Å². The number of furan rings is 1. The van der Waals surface area contributed by atoms with Gasteiger partial charge in [-0.05, 0) is 50.2 Å². The van der Waals surface area contributed by atoms with Crippen molar-refractivity contribution in [1.82, 2.24) is 9.80 Å². The van der Waals surface area contributed by atoms with E-state index in [9.17, 15) is 9.18 Å². The molecule has 1 saturated heterocycles. The van der Waals surface area contributed by atoms with Crippen LogP contribution in [0.4, 0.5) is 4.39 Å². The van der Waals surface area contributed by atoms with Gasteiger partial charge in [0.2, 0.25) is 0 Å². The Hall–Kier alpha value is -1.88. The summed E-state index contributed by atoms with van der Waals surface area (Å²) < 4.78 is 18.8. The van der Waals surface area contributed by atoms with Gasteiger partial charge < -0.3 is 14.2 Å². The van der Waals surface area contributed by atoms with Crippen molar-refractivity contribution >= 4 is 16.9 Å². The summed E-state index contributed by atoms with van der Waals surface area (Å²) >= 11 is 0. The highest BCUT2D eigenvalue weighted by Crippen LogP contribution is 2.24. The van der Waals surface area contributed by atoms with Crippen LogP contribution in [-0.4, -0.2) is 48.9 Å². The van der Waals surface area contributed by atoms with Crippen molar-refractivity contribution in [3.05, 3.63) is 35.8 Å². The van der Waals surface area contributed by atoms with E-state index < -0.39 is 0 Å². The smallest absolute Gasteiger partial charge is 0.289 e. The van der Waals surface area contributed by atoms with Crippen molar-refractivity contribution < 1.29 is 13.6 Å². The third-order valence-electron chi connectivity index (χ3n) is 4.37. The Bertz CT molecular complexity index is 682. The van der Waals surface area contributed by atoms with Gasteiger partial charge in [-0.2, -0.15) is 0 Å². The number of nitrogens with zero attached hydrogens (tertiary/aromatic N) is 2. The van der Waals surface area contributed by atoms with Crippen molar-refractivity contribution in [2.75, 3.05) is 33.2 Å². The Kier molecular flexibility index (Phi) is 4.16. The highest BCUT2D eigenvalue weighted by atomic mass is 19.1. The molecule has 3 rings (SSSR count).